The maximum atomic E-state index is 12.4. The van der Waals surface area contributed by atoms with Gasteiger partial charge in [0.05, 0.1) is 5.56 Å². The second kappa shape index (κ2) is 7.99. The zero-order valence-corrected chi connectivity index (χ0v) is 14.2. The van der Waals surface area contributed by atoms with E-state index in [1.54, 1.807) is 19.1 Å². The van der Waals surface area contributed by atoms with Crippen molar-refractivity contribution in [2.45, 2.75) is 38.7 Å². The molecule has 1 heterocycles. The highest BCUT2D eigenvalue weighted by Gasteiger charge is 2.24. The zero-order chi connectivity index (χ0) is 16.8. The molecule has 0 unspecified atom stereocenters. The molecule has 1 aromatic rings. The molecule has 5 heteroatoms. The number of carbonyl (C=O) groups is 2. The van der Waals surface area contributed by atoms with Crippen LogP contribution in [0.3, 0.4) is 0 Å². The molecule has 1 fully saturated rings. The predicted molar refractivity (Wildman–Crippen MR) is 90.7 cm³/mol. The summed E-state index contributed by atoms with van der Waals surface area (Å²) in [6.45, 7) is 3.18. The third-order valence-corrected chi connectivity index (χ3v) is 4.17. The minimum Gasteiger partial charge on any atom is -0.449 e. The Morgan fingerprint density at radius 2 is 1.61 bits per heavy atom. The molecule has 2 rings (SSSR count). The number of rotatable bonds is 4. The number of hydrogen-bond acceptors (Lipinski definition) is 4. The Bertz CT molecular complexity index is 532. The van der Waals surface area contributed by atoms with Crippen LogP contribution in [-0.4, -0.2) is 50.1 Å². The fourth-order valence-electron chi connectivity index (χ4n) is 2.72. The molecular weight excluding hydrogens is 292 g/mol. The first-order chi connectivity index (χ1) is 11.0. The van der Waals surface area contributed by atoms with E-state index >= 15 is 0 Å². The lowest BCUT2D eigenvalue weighted by atomic mass is 10.2. The maximum absolute atomic E-state index is 12.4. The van der Waals surface area contributed by atoms with Crippen molar-refractivity contribution in [1.29, 1.82) is 0 Å². The highest BCUT2D eigenvalue weighted by molar-refractivity contribution is 5.92. The van der Waals surface area contributed by atoms with E-state index in [1.807, 2.05) is 36.0 Å². The van der Waals surface area contributed by atoms with E-state index in [9.17, 15) is 9.59 Å². The molecule has 0 saturated carbocycles. The van der Waals surface area contributed by atoms with Gasteiger partial charge in [-0.05, 0) is 44.0 Å². The quantitative estimate of drug-likeness (QED) is 0.801. The van der Waals surface area contributed by atoms with Crippen molar-refractivity contribution in [3.8, 4) is 0 Å². The van der Waals surface area contributed by atoms with E-state index < -0.39 is 12.1 Å². The van der Waals surface area contributed by atoms with Gasteiger partial charge in [0.25, 0.3) is 5.91 Å². The van der Waals surface area contributed by atoms with Crippen LogP contribution in [0.1, 0.15) is 43.0 Å². The van der Waals surface area contributed by atoms with Crippen LogP contribution in [0.2, 0.25) is 0 Å². The first kappa shape index (κ1) is 17.3. The molecule has 0 bridgehead atoms. The zero-order valence-electron chi connectivity index (χ0n) is 14.2. The normalized spacial score (nSPS) is 16.4. The van der Waals surface area contributed by atoms with Gasteiger partial charge in [0.15, 0.2) is 6.10 Å². The molecule has 1 atom stereocenters. The van der Waals surface area contributed by atoms with Gasteiger partial charge < -0.3 is 14.5 Å². The fraction of sp³-hybridized carbons (Fsp3) is 0.556. The summed E-state index contributed by atoms with van der Waals surface area (Å²) in [4.78, 5) is 28.4. The number of anilines is 1. The van der Waals surface area contributed by atoms with E-state index in [0.717, 1.165) is 44.5 Å². The van der Waals surface area contributed by atoms with Crippen molar-refractivity contribution in [3.63, 3.8) is 0 Å². The number of benzene rings is 1. The van der Waals surface area contributed by atoms with Crippen LogP contribution in [-0.2, 0) is 9.53 Å². The highest BCUT2D eigenvalue weighted by Crippen LogP contribution is 2.15. The molecular formula is C18H26N2O3. The maximum Gasteiger partial charge on any atom is 0.338 e. The molecule has 1 saturated heterocycles. The van der Waals surface area contributed by atoms with E-state index in [2.05, 4.69) is 0 Å². The predicted octanol–water partition coefficient (Wildman–Crippen LogP) is 2.70. The van der Waals surface area contributed by atoms with Crippen LogP contribution in [0.15, 0.2) is 24.3 Å². The molecule has 1 aliphatic heterocycles. The average molecular weight is 318 g/mol. The van der Waals surface area contributed by atoms with Gasteiger partial charge in [-0.15, -0.1) is 0 Å². The van der Waals surface area contributed by atoms with Gasteiger partial charge in [-0.25, -0.2) is 4.79 Å². The Morgan fingerprint density at radius 1 is 1.04 bits per heavy atom. The second-order valence-electron chi connectivity index (χ2n) is 6.23. The smallest absolute Gasteiger partial charge is 0.338 e. The van der Waals surface area contributed by atoms with Crippen LogP contribution < -0.4 is 4.90 Å². The molecule has 0 radical (unpaired) electrons. The van der Waals surface area contributed by atoms with Gasteiger partial charge in [-0.1, -0.05) is 12.8 Å². The topological polar surface area (TPSA) is 49.9 Å². The van der Waals surface area contributed by atoms with Crippen LogP contribution in [0, 0.1) is 0 Å². The van der Waals surface area contributed by atoms with Gasteiger partial charge in [0, 0.05) is 32.9 Å². The summed E-state index contributed by atoms with van der Waals surface area (Å²) < 4.78 is 5.35. The molecule has 1 aromatic carbocycles. The van der Waals surface area contributed by atoms with E-state index in [4.69, 9.17) is 4.74 Å². The Labute approximate surface area is 138 Å². The third-order valence-electron chi connectivity index (χ3n) is 4.17. The first-order valence-corrected chi connectivity index (χ1v) is 8.26. The molecule has 23 heavy (non-hydrogen) atoms. The summed E-state index contributed by atoms with van der Waals surface area (Å²) >= 11 is 0. The summed E-state index contributed by atoms with van der Waals surface area (Å²) in [5, 5.41) is 0. The van der Waals surface area contributed by atoms with Gasteiger partial charge in [0.1, 0.15) is 0 Å². The number of nitrogens with zero attached hydrogens (tertiary/aromatic N) is 2. The Morgan fingerprint density at radius 3 is 2.13 bits per heavy atom. The lowest BCUT2D eigenvalue weighted by Crippen LogP contribution is -2.40. The third kappa shape index (κ3) is 4.71. The average Bonchev–Trinajstić information content (AvgIpc) is 2.83. The molecule has 126 valence electrons. The molecule has 5 nitrogen and oxygen atoms in total. The van der Waals surface area contributed by atoms with Crippen molar-refractivity contribution in [2.75, 3.05) is 32.1 Å². The summed E-state index contributed by atoms with van der Waals surface area (Å²) in [6, 6.07) is 7.16. The number of carbonyl (C=O) groups excluding carboxylic acids is 2. The van der Waals surface area contributed by atoms with Gasteiger partial charge in [-0.3, -0.25) is 4.79 Å². The van der Waals surface area contributed by atoms with Crippen LogP contribution in [0.25, 0.3) is 0 Å². The Hall–Kier alpha value is -2.04. The Kier molecular flexibility index (Phi) is 6.02. The van der Waals surface area contributed by atoms with Crippen molar-refractivity contribution in [1.82, 2.24) is 4.90 Å². The minimum atomic E-state index is -0.742. The van der Waals surface area contributed by atoms with Crippen molar-refractivity contribution in [2.24, 2.45) is 0 Å². The van der Waals surface area contributed by atoms with Gasteiger partial charge in [0.2, 0.25) is 0 Å². The van der Waals surface area contributed by atoms with Crippen LogP contribution in [0.4, 0.5) is 5.69 Å². The highest BCUT2D eigenvalue weighted by atomic mass is 16.5. The molecule has 0 aromatic heterocycles. The molecule has 0 spiro atoms. The monoisotopic (exact) mass is 318 g/mol. The molecule has 0 N–H and O–H groups in total. The summed E-state index contributed by atoms with van der Waals surface area (Å²) in [7, 11) is 3.88. The number of hydrogen-bond donors (Lipinski definition) is 0. The van der Waals surface area contributed by atoms with Crippen LogP contribution in [0.5, 0.6) is 0 Å². The standard InChI is InChI=1S/C18H26N2O3/c1-14(17(21)20-12-6-4-5-7-13-20)23-18(22)15-8-10-16(11-9-15)19(2)3/h8-11,14H,4-7,12-13H2,1-3H3/t14-/m0/s1. The van der Waals surface area contributed by atoms with E-state index in [-0.39, 0.29) is 5.91 Å². The van der Waals surface area contributed by atoms with Crippen molar-refractivity contribution in [3.05, 3.63) is 29.8 Å². The van der Waals surface area contributed by atoms with E-state index in [0.29, 0.717) is 5.56 Å². The second-order valence-corrected chi connectivity index (χ2v) is 6.23. The minimum absolute atomic E-state index is 0.0924. The van der Waals surface area contributed by atoms with E-state index in [1.165, 1.54) is 0 Å². The molecule has 1 amide bonds. The largest absolute Gasteiger partial charge is 0.449 e. The lowest BCUT2D eigenvalue weighted by Gasteiger charge is -2.24. The summed E-state index contributed by atoms with van der Waals surface area (Å²) in [5.41, 5.74) is 1.47. The number of ether oxygens (including phenoxy) is 1. The van der Waals surface area contributed by atoms with Crippen molar-refractivity contribution < 1.29 is 14.3 Å². The number of esters is 1. The lowest BCUT2D eigenvalue weighted by molar-refractivity contribution is -0.139. The number of amides is 1. The first-order valence-electron chi connectivity index (χ1n) is 8.26. The van der Waals surface area contributed by atoms with Gasteiger partial charge >= 0.3 is 5.97 Å². The summed E-state index contributed by atoms with van der Waals surface area (Å²) in [6.07, 6.45) is 3.64. The molecule has 1 aliphatic rings. The summed E-state index contributed by atoms with van der Waals surface area (Å²) in [5.74, 6) is -0.545. The van der Waals surface area contributed by atoms with Gasteiger partial charge in [-0.2, -0.15) is 0 Å². The number of likely N-dealkylation sites (tertiary alicyclic amines) is 1. The van der Waals surface area contributed by atoms with Crippen molar-refractivity contribution >= 4 is 17.6 Å². The fourth-order valence-corrected chi connectivity index (χ4v) is 2.72. The molecule has 0 aliphatic carbocycles. The van der Waals surface area contributed by atoms with Crippen LogP contribution >= 0.6 is 0 Å². The Balaban J connectivity index is 1.94. The SMILES string of the molecule is C[C@H](OC(=O)c1ccc(N(C)C)cc1)C(=O)N1CCCCCC1.